The second-order valence-corrected chi connectivity index (χ2v) is 5.20. The quantitative estimate of drug-likeness (QED) is 0.566. The zero-order chi connectivity index (χ0) is 13.2. The number of nitrogen functional groups attached to an aromatic ring is 1. The fourth-order valence-corrected chi connectivity index (χ4v) is 2.72. The Bertz CT molecular complexity index is 670. The molecule has 0 radical (unpaired) electrons. The fourth-order valence-electron chi connectivity index (χ4n) is 1.91. The molecule has 0 fully saturated rings. The summed E-state index contributed by atoms with van der Waals surface area (Å²) >= 11 is 1.53. The first-order valence-electron chi connectivity index (χ1n) is 5.83. The van der Waals surface area contributed by atoms with Gasteiger partial charge in [-0.25, -0.2) is 9.37 Å². The van der Waals surface area contributed by atoms with Crippen molar-refractivity contribution in [2.75, 3.05) is 5.73 Å². The molecule has 0 amide bonds. The third-order valence-corrected chi connectivity index (χ3v) is 3.67. The first kappa shape index (κ1) is 12.0. The van der Waals surface area contributed by atoms with Crippen LogP contribution in [0.25, 0.3) is 11.0 Å². The highest BCUT2D eigenvalue weighted by Crippen LogP contribution is 2.24. The van der Waals surface area contributed by atoms with Crippen LogP contribution in [-0.4, -0.2) is 9.97 Å². The van der Waals surface area contributed by atoms with Crippen molar-refractivity contribution in [3.05, 3.63) is 53.8 Å². The lowest BCUT2D eigenvalue weighted by Gasteiger charge is -2.01. The average Bonchev–Trinajstić information content (AvgIpc) is 2.78. The molecule has 3 N–H and O–H groups in total. The third-order valence-electron chi connectivity index (χ3n) is 2.72. The van der Waals surface area contributed by atoms with Crippen molar-refractivity contribution >= 4 is 28.5 Å². The van der Waals surface area contributed by atoms with Crippen molar-refractivity contribution in [3.8, 4) is 0 Å². The van der Waals surface area contributed by atoms with Gasteiger partial charge in [0.25, 0.3) is 0 Å². The van der Waals surface area contributed by atoms with E-state index in [0.29, 0.717) is 11.4 Å². The number of fused-ring (bicyclic) bond motifs is 1. The van der Waals surface area contributed by atoms with E-state index in [1.807, 2.05) is 24.3 Å². The summed E-state index contributed by atoms with van der Waals surface area (Å²) in [5.74, 6) is 0.321. The van der Waals surface area contributed by atoms with Crippen molar-refractivity contribution in [2.45, 2.75) is 10.9 Å². The minimum Gasteiger partial charge on any atom is -0.399 e. The number of thioether (sulfide) groups is 1. The number of aromatic nitrogens is 2. The van der Waals surface area contributed by atoms with Gasteiger partial charge in [0.2, 0.25) is 0 Å². The summed E-state index contributed by atoms with van der Waals surface area (Å²) in [5, 5.41) is 0.823. The molecule has 0 atom stereocenters. The number of nitrogens with two attached hydrogens (primary N) is 1. The molecule has 0 spiro atoms. The lowest BCUT2D eigenvalue weighted by atomic mass is 10.2. The van der Waals surface area contributed by atoms with Gasteiger partial charge in [-0.2, -0.15) is 0 Å². The molecule has 0 saturated carbocycles. The van der Waals surface area contributed by atoms with E-state index in [0.717, 1.165) is 21.8 Å². The Morgan fingerprint density at radius 2 is 2.05 bits per heavy atom. The molecule has 0 unspecified atom stereocenters. The molecule has 0 aliphatic rings. The Morgan fingerprint density at radius 1 is 1.21 bits per heavy atom. The summed E-state index contributed by atoms with van der Waals surface area (Å²) in [6, 6.07) is 12.4. The van der Waals surface area contributed by atoms with Crippen LogP contribution in [0, 0.1) is 5.82 Å². The van der Waals surface area contributed by atoms with Gasteiger partial charge < -0.3 is 10.7 Å². The number of rotatable bonds is 3. The SMILES string of the molecule is Nc1cc(F)cc(CSc2nc3ccccc3[nH]2)c1. The molecule has 2 aromatic carbocycles. The van der Waals surface area contributed by atoms with Gasteiger partial charge in [0.05, 0.1) is 11.0 Å². The van der Waals surface area contributed by atoms with E-state index in [2.05, 4.69) is 9.97 Å². The zero-order valence-corrected chi connectivity index (χ0v) is 10.9. The number of aromatic amines is 1. The Kier molecular flexibility index (Phi) is 3.13. The van der Waals surface area contributed by atoms with Gasteiger partial charge in [0.1, 0.15) is 5.82 Å². The highest BCUT2D eigenvalue weighted by atomic mass is 32.2. The molecule has 3 rings (SSSR count). The van der Waals surface area contributed by atoms with Gasteiger partial charge >= 0.3 is 0 Å². The number of hydrogen-bond donors (Lipinski definition) is 2. The van der Waals surface area contributed by atoms with Crippen LogP contribution in [-0.2, 0) is 5.75 Å². The predicted octanol–water partition coefficient (Wildman–Crippen LogP) is 3.58. The smallest absolute Gasteiger partial charge is 0.166 e. The first-order chi connectivity index (χ1) is 9.20. The van der Waals surface area contributed by atoms with E-state index in [4.69, 9.17) is 5.73 Å². The number of hydrogen-bond acceptors (Lipinski definition) is 3. The maximum Gasteiger partial charge on any atom is 0.166 e. The topological polar surface area (TPSA) is 54.7 Å². The van der Waals surface area contributed by atoms with Gasteiger partial charge in [-0.3, -0.25) is 0 Å². The fraction of sp³-hybridized carbons (Fsp3) is 0.0714. The minimum atomic E-state index is -0.305. The molecule has 0 bridgehead atoms. The Morgan fingerprint density at radius 3 is 2.84 bits per heavy atom. The monoisotopic (exact) mass is 273 g/mol. The van der Waals surface area contributed by atoms with Gasteiger partial charge in [-0.1, -0.05) is 23.9 Å². The second-order valence-electron chi connectivity index (χ2n) is 4.24. The number of halogens is 1. The zero-order valence-electron chi connectivity index (χ0n) is 10.1. The van der Waals surface area contributed by atoms with E-state index < -0.39 is 0 Å². The van der Waals surface area contributed by atoms with E-state index in [-0.39, 0.29) is 5.82 Å². The van der Waals surface area contributed by atoms with Gasteiger partial charge in [-0.05, 0) is 35.9 Å². The van der Waals surface area contributed by atoms with E-state index in [1.54, 1.807) is 6.07 Å². The van der Waals surface area contributed by atoms with E-state index in [9.17, 15) is 4.39 Å². The Hall–Kier alpha value is -2.01. The van der Waals surface area contributed by atoms with Crippen LogP contribution in [0.4, 0.5) is 10.1 Å². The van der Waals surface area contributed by atoms with Crippen LogP contribution < -0.4 is 5.73 Å². The highest BCUT2D eigenvalue weighted by Gasteiger charge is 2.04. The van der Waals surface area contributed by atoms with Crippen LogP contribution in [0.5, 0.6) is 0 Å². The second kappa shape index (κ2) is 4.93. The molecular formula is C14H12FN3S. The molecule has 1 aromatic heterocycles. The first-order valence-corrected chi connectivity index (χ1v) is 6.82. The number of nitrogens with one attached hydrogen (secondary N) is 1. The Balaban J connectivity index is 1.78. The summed E-state index contributed by atoms with van der Waals surface area (Å²) in [7, 11) is 0. The maximum absolute atomic E-state index is 13.2. The van der Waals surface area contributed by atoms with Crippen molar-refractivity contribution in [1.29, 1.82) is 0 Å². The predicted molar refractivity (Wildman–Crippen MR) is 76.5 cm³/mol. The normalized spacial score (nSPS) is 11.0. The molecule has 0 saturated heterocycles. The highest BCUT2D eigenvalue weighted by molar-refractivity contribution is 7.98. The van der Waals surface area contributed by atoms with Crippen LogP contribution in [0.2, 0.25) is 0 Å². The lowest BCUT2D eigenvalue weighted by molar-refractivity contribution is 0.627. The van der Waals surface area contributed by atoms with Crippen molar-refractivity contribution < 1.29 is 4.39 Å². The lowest BCUT2D eigenvalue weighted by Crippen LogP contribution is -1.90. The van der Waals surface area contributed by atoms with Gasteiger partial charge in [0, 0.05) is 11.4 Å². The van der Waals surface area contributed by atoms with Crippen LogP contribution in [0.15, 0.2) is 47.6 Å². The summed E-state index contributed by atoms with van der Waals surface area (Å²) in [4.78, 5) is 7.68. The Labute approximate surface area is 114 Å². The number of imidazole rings is 1. The molecule has 0 aliphatic heterocycles. The molecule has 3 nitrogen and oxygen atoms in total. The standard InChI is InChI=1S/C14H12FN3S/c15-10-5-9(6-11(16)7-10)8-19-14-17-12-3-1-2-4-13(12)18-14/h1-7H,8,16H2,(H,17,18). The van der Waals surface area contributed by atoms with Crippen LogP contribution in [0.3, 0.4) is 0 Å². The summed E-state index contributed by atoms with van der Waals surface area (Å²) in [6.45, 7) is 0. The summed E-state index contributed by atoms with van der Waals surface area (Å²) < 4.78 is 13.2. The summed E-state index contributed by atoms with van der Waals surface area (Å²) in [5.41, 5.74) is 8.85. The maximum atomic E-state index is 13.2. The number of para-hydroxylation sites is 2. The molecule has 19 heavy (non-hydrogen) atoms. The van der Waals surface area contributed by atoms with Crippen molar-refractivity contribution in [1.82, 2.24) is 9.97 Å². The molecule has 96 valence electrons. The number of H-pyrrole nitrogens is 1. The van der Waals surface area contributed by atoms with Gasteiger partial charge in [0.15, 0.2) is 5.16 Å². The molecule has 1 heterocycles. The average molecular weight is 273 g/mol. The van der Waals surface area contributed by atoms with E-state index >= 15 is 0 Å². The largest absolute Gasteiger partial charge is 0.399 e. The van der Waals surface area contributed by atoms with Crippen LogP contribution >= 0.6 is 11.8 Å². The molecular weight excluding hydrogens is 261 g/mol. The summed E-state index contributed by atoms with van der Waals surface area (Å²) in [6.07, 6.45) is 0. The molecule has 0 aliphatic carbocycles. The minimum absolute atomic E-state index is 0.305. The number of anilines is 1. The van der Waals surface area contributed by atoms with E-state index in [1.165, 1.54) is 23.9 Å². The molecule has 5 heteroatoms. The molecule has 3 aromatic rings. The number of benzene rings is 2. The van der Waals surface area contributed by atoms with Crippen molar-refractivity contribution in [2.24, 2.45) is 0 Å². The van der Waals surface area contributed by atoms with Crippen molar-refractivity contribution in [3.63, 3.8) is 0 Å². The van der Waals surface area contributed by atoms with Crippen LogP contribution in [0.1, 0.15) is 5.56 Å². The number of nitrogens with zero attached hydrogens (tertiary/aromatic N) is 1. The third kappa shape index (κ3) is 2.71. The van der Waals surface area contributed by atoms with Gasteiger partial charge in [-0.15, -0.1) is 0 Å².